The van der Waals surface area contributed by atoms with Crippen molar-refractivity contribution in [2.24, 2.45) is 5.92 Å². The number of anilines is 1. The molecule has 1 aromatic heterocycles. The van der Waals surface area contributed by atoms with Crippen LogP contribution in [-0.4, -0.2) is 23.5 Å². The van der Waals surface area contributed by atoms with Gasteiger partial charge in [0.2, 0.25) is 15.0 Å². The van der Waals surface area contributed by atoms with Crippen LogP contribution in [0.4, 0.5) is 5.13 Å². The molecule has 0 bridgehead atoms. The number of hydrogen-bond acceptors (Lipinski definition) is 6. The molecule has 0 aliphatic carbocycles. The summed E-state index contributed by atoms with van der Waals surface area (Å²) in [4.78, 5) is 3.63. The Bertz CT molecular complexity index is 382. The molecule has 0 unspecified atom stereocenters. The van der Waals surface area contributed by atoms with Crippen LogP contribution in [-0.2, 0) is 9.84 Å². The molecule has 0 fully saturated rings. The lowest BCUT2D eigenvalue weighted by Crippen LogP contribution is -2.13. The smallest absolute Gasteiger partial charge is 0.260 e. The van der Waals surface area contributed by atoms with E-state index < -0.39 is 9.84 Å². The van der Waals surface area contributed by atoms with Crippen molar-refractivity contribution in [3.8, 4) is 0 Å². The Morgan fingerprint density at radius 2 is 2.15 bits per heavy atom. The number of rotatable bonds is 3. The Balaban J connectivity index is 2.95. The van der Waals surface area contributed by atoms with Crippen molar-refractivity contribution < 1.29 is 8.42 Å². The second-order valence-corrected chi connectivity index (χ2v) is 5.80. The van der Waals surface area contributed by atoms with Gasteiger partial charge in [-0.25, -0.2) is 8.42 Å². The SMILES string of the molecule is CC(C)CS(=O)(=O)c1nsc(N)n1. The maximum Gasteiger partial charge on any atom is 0.260 e. The number of nitrogens with zero attached hydrogens (tertiary/aromatic N) is 2. The van der Waals surface area contributed by atoms with Crippen LogP contribution in [0.2, 0.25) is 0 Å². The number of sulfone groups is 1. The van der Waals surface area contributed by atoms with E-state index in [0.29, 0.717) is 0 Å². The molecule has 2 N–H and O–H groups in total. The zero-order valence-corrected chi connectivity index (χ0v) is 9.02. The van der Waals surface area contributed by atoms with E-state index in [4.69, 9.17) is 5.73 Å². The van der Waals surface area contributed by atoms with Crippen LogP contribution in [0.15, 0.2) is 5.16 Å². The molecule has 0 saturated heterocycles. The molecule has 0 aliphatic heterocycles. The zero-order valence-electron chi connectivity index (χ0n) is 7.39. The minimum Gasteiger partial charge on any atom is -0.374 e. The normalized spacial score (nSPS) is 12.2. The number of nitrogens with two attached hydrogens (primary N) is 1. The van der Waals surface area contributed by atoms with Gasteiger partial charge < -0.3 is 5.73 Å². The largest absolute Gasteiger partial charge is 0.374 e. The third-order valence-electron chi connectivity index (χ3n) is 1.25. The first kappa shape index (κ1) is 10.4. The Morgan fingerprint density at radius 3 is 2.54 bits per heavy atom. The Hall–Kier alpha value is -0.690. The van der Waals surface area contributed by atoms with Gasteiger partial charge in [0.15, 0.2) is 0 Å². The highest BCUT2D eigenvalue weighted by Gasteiger charge is 2.20. The fourth-order valence-electron chi connectivity index (χ4n) is 0.861. The summed E-state index contributed by atoms with van der Waals surface area (Å²) < 4.78 is 26.6. The summed E-state index contributed by atoms with van der Waals surface area (Å²) in [5.41, 5.74) is 5.29. The molecule has 5 nitrogen and oxygen atoms in total. The monoisotopic (exact) mass is 221 g/mol. The molecule has 13 heavy (non-hydrogen) atoms. The van der Waals surface area contributed by atoms with Crippen molar-refractivity contribution >= 4 is 26.5 Å². The Labute approximate surface area is 81.1 Å². The van der Waals surface area contributed by atoms with Gasteiger partial charge in [-0.2, -0.15) is 9.36 Å². The summed E-state index contributed by atoms with van der Waals surface area (Å²) in [5, 5.41) is 0.0334. The molecule has 7 heteroatoms. The topological polar surface area (TPSA) is 85.9 Å². The summed E-state index contributed by atoms with van der Waals surface area (Å²) in [6, 6.07) is 0. The van der Waals surface area contributed by atoms with Crippen LogP contribution in [0.3, 0.4) is 0 Å². The molecule has 0 atom stereocenters. The molecular formula is C6H11N3O2S2. The number of nitrogen functional groups attached to an aromatic ring is 1. The van der Waals surface area contributed by atoms with Crippen LogP contribution in [0.1, 0.15) is 13.8 Å². The van der Waals surface area contributed by atoms with E-state index in [-0.39, 0.29) is 22.0 Å². The minimum atomic E-state index is -3.33. The summed E-state index contributed by atoms with van der Waals surface area (Å²) in [6.45, 7) is 3.65. The average molecular weight is 221 g/mol. The molecule has 74 valence electrons. The van der Waals surface area contributed by atoms with Gasteiger partial charge in [-0.15, -0.1) is 0 Å². The maximum atomic E-state index is 11.5. The molecule has 0 saturated carbocycles. The summed E-state index contributed by atoms with van der Waals surface area (Å²) in [5.74, 6) is 0.123. The predicted octanol–water partition coefficient (Wildman–Crippen LogP) is 0.550. The molecule has 0 amide bonds. The van der Waals surface area contributed by atoms with Gasteiger partial charge in [0.1, 0.15) is 0 Å². The van der Waals surface area contributed by atoms with E-state index >= 15 is 0 Å². The van der Waals surface area contributed by atoms with E-state index in [2.05, 4.69) is 9.36 Å². The van der Waals surface area contributed by atoms with Gasteiger partial charge in [-0.1, -0.05) is 13.8 Å². The summed E-state index contributed by atoms with van der Waals surface area (Å²) >= 11 is 0.896. The standard InChI is InChI=1S/C6H11N3O2S2/c1-4(2)3-13(10,11)6-8-5(7)12-9-6/h4H,3H2,1-2H3,(H2,7,8,9). The molecule has 0 radical (unpaired) electrons. The highest BCUT2D eigenvalue weighted by Crippen LogP contribution is 2.14. The Morgan fingerprint density at radius 1 is 1.54 bits per heavy atom. The minimum absolute atomic E-state index is 0.0587. The highest BCUT2D eigenvalue weighted by atomic mass is 32.2. The van der Waals surface area contributed by atoms with Gasteiger partial charge in [0, 0.05) is 11.5 Å². The second-order valence-electron chi connectivity index (χ2n) is 3.09. The lowest BCUT2D eigenvalue weighted by Gasteiger charge is -2.01. The number of aromatic nitrogens is 2. The van der Waals surface area contributed by atoms with E-state index in [0.717, 1.165) is 11.5 Å². The van der Waals surface area contributed by atoms with Crippen LogP contribution in [0, 0.1) is 5.92 Å². The predicted molar refractivity (Wildman–Crippen MR) is 51.2 cm³/mol. The molecule has 1 rings (SSSR count). The van der Waals surface area contributed by atoms with Gasteiger partial charge in [0.25, 0.3) is 5.16 Å². The van der Waals surface area contributed by atoms with Crippen molar-refractivity contribution in [3.05, 3.63) is 0 Å². The quantitative estimate of drug-likeness (QED) is 0.805. The molecule has 0 aliphatic rings. The van der Waals surface area contributed by atoms with Crippen molar-refractivity contribution in [1.29, 1.82) is 0 Å². The van der Waals surface area contributed by atoms with Crippen LogP contribution in [0.25, 0.3) is 0 Å². The third-order valence-corrected chi connectivity index (χ3v) is 3.76. The summed E-state index contributed by atoms with van der Waals surface area (Å²) in [7, 11) is -3.33. The van der Waals surface area contributed by atoms with E-state index in [1.54, 1.807) is 0 Å². The first-order valence-corrected chi connectivity index (χ1v) is 6.16. The van der Waals surface area contributed by atoms with Gasteiger partial charge >= 0.3 is 0 Å². The average Bonchev–Trinajstić information content (AvgIpc) is 2.32. The fraction of sp³-hybridized carbons (Fsp3) is 0.667. The molecule has 1 heterocycles. The van der Waals surface area contributed by atoms with Crippen molar-refractivity contribution in [1.82, 2.24) is 9.36 Å². The fourth-order valence-corrected chi connectivity index (χ4v) is 3.09. The highest BCUT2D eigenvalue weighted by molar-refractivity contribution is 7.91. The van der Waals surface area contributed by atoms with Crippen LogP contribution in [0.5, 0.6) is 0 Å². The van der Waals surface area contributed by atoms with Crippen LogP contribution < -0.4 is 5.73 Å². The van der Waals surface area contributed by atoms with Gasteiger partial charge in [0.05, 0.1) is 5.75 Å². The molecular weight excluding hydrogens is 210 g/mol. The number of hydrogen-bond donors (Lipinski definition) is 1. The lowest BCUT2D eigenvalue weighted by molar-refractivity contribution is 0.576. The van der Waals surface area contributed by atoms with Crippen molar-refractivity contribution in [3.63, 3.8) is 0 Å². The molecule has 0 aromatic carbocycles. The second kappa shape index (κ2) is 3.59. The van der Waals surface area contributed by atoms with E-state index in [1.165, 1.54) is 0 Å². The van der Waals surface area contributed by atoms with Crippen molar-refractivity contribution in [2.75, 3.05) is 11.5 Å². The lowest BCUT2D eigenvalue weighted by atomic mass is 10.3. The molecule has 1 aromatic rings. The van der Waals surface area contributed by atoms with Crippen molar-refractivity contribution in [2.45, 2.75) is 19.0 Å². The van der Waals surface area contributed by atoms with Gasteiger partial charge in [-0.05, 0) is 5.92 Å². The van der Waals surface area contributed by atoms with Gasteiger partial charge in [-0.3, -0.25) is 0 Å². The first-order valence-electron chi connectivity index (χ1n) is 3.74. The zero-order chi connectivity index (χ0) is 10.1. The van der Waals surface area contributed by atoms with Crippen LogP contribution >= 0.6 is 11.5 Å². The Kier molecular flexibility index (Phi) is 2.87. The summed E-state index contributed by atoms with van der Waals surface area (Å²) in [6.07, 6.45) is 0. The maximum absolute atomic E-state index is 11.5. The molecule has 0 spiro atoms. The first-order chi connectivity index (χ1) is 5.92. The van der Waals surface area contributed by atoms with E-state index in [9.17, 15) is 8.42 Å². The van der Waals surface area contributed by atoms with E-state index in [1.807, 2.05) is 13.8 Å². The third kappa shape index (κ3) is 2.63.